The molecule has 0 atom stereocenters. The molecule has 0 spiro atoms. The summed E-state index contributed by atoms with van der Waals surface area (Å²) in [5.41, 5.74) is 0.662. The van der Waals surface area contributed by atoms with Gasteiger partial charge in [0.05, 0.1) is 16.9 Å². The van der Waals surface area contributed by atoms with Gasteiger partial charge >= 0.3 is 5.97 Å². The van der Waals surface area contributed by atoms with Gasteiger partial charge in [0.2, 0.25) is 5.13 Å². The normalized spacial score (nSPS) is 13.6. The second kappa shape index (κ2) is 5.26. The number of carboxylic acids is 1. The fourth-order valence-electron chi connectivity index (χ4n) is 1.84. The topological polar surface area (TPSA) is 100 Å². The van der Waals surface area contributed by atoms with Crippen molar-refractivity contribution in [3.05, 3.63) is 35.4 Å². The van der Waals surface area contributed by atoms with Crippen LogP contribution < -0.4 is 4.90 Å². The summed E-state index contributed by atoms with van der Waals surface area (Å²) in [5.74, 6) is -2.02. The minimum atomic E-state index is -0.975. The summed E-state index contributed by atoms with van der Waals surface area (Å²) < 4.78 is 0.393. The standard InChI is InChI=1S/C12H7N3O4S2/c16-8(17)5-20-12-14-13-11(21-12)15-9(18)6-3-1-2-4-7(6)10(15)19/h1-4H,5H2,(H,16,17). The summed E-state index contributed by atoms with van der Waals surface area (Å²) in [7, 11) is 0. The third-order valence-electron chi connectivity index (χ3n) is 2.70. The monoisotopic (exact) mass is 321 g/mol. The minimum Gasteiger partial charge on any atom is -0.481 e. The quantitative estimate of drug-likeness (QED) is 0.517. The summed E-state index contributed by atoms with van der Waals surface area (Å²) in [6, 6.07) is 6.52. The number of hydrogen-bond acceptors (Lipinski definition) is 7. The van der Waals surface area contributed by atoms with Crippen molar-refractivity contribution < 1.29 is 19.5 Å². The summed E-state index contributed by atoms with van der Waals surface area (Å²) >= 11 is 2.00. The molecule has 2 aromatic rings. The van der Waals surface area contributed by atoms with Crippen molar-refractivity contribution >= 4 is 46.0 Å². The Labute approximate surface area is 126 Å². The first-order chi connectivity index (χ1) is 10.1. The number of hydrogen-bond donors (Lipinski definition) is 1. The molecule has 0 aliphatic carbocycles. The molecule has 1 N–H and O–H groups in total. The van der Waals surface area contributed by atoms with Gasteiger partial charge in [-0.1, -0.05) is 35.2 Å². The second-order valence-corrected chi connectivity index (χ2v) is 6.20. The number of carbonyl (C=O) groups is 3. The van der Waals surface area contributed by atoms with Crippen molar-refractivity contribution in [2.45, 2.75) is 4.34 Å². The van der Waals surface area contributed by atoms with Crippen molar-refractivity contribution in [1.29, 1.82) is 0 Å². The molecule has 9 heteroatoms. The van der Waals surface area contributed by atoms with E-state index in [1.165, 1.54) is 0 Å². The molecule has 1 aromatic heterocycles. The molecule has 0 unspecified atom stereocenters. The first-order valence-corrected chi connectivity index (χ1v) is 7.54. The van der Waals surface area contributed by atoms with Crippen LogP contribution in [0.1, 0.15) is 20.7 Å². The molecule has 0 bridgehead atoms. The maximum Gasteiger partial charge on any atom is 0.313 e. The van der Waals surface area contributed by atoms with E-state index < -0.39 is 17.8 Å². The van der Waals surface area contributed by atoms with Gasteiger partial charge in [0, 0.05) is 0 Å². The molecule has 3 rings (SSSR count). The number of aromatic nitrogens is 2. The highest BCUT2D eigenvalue weighted by Crippen LogP contribution is 2.33. The SMILES string of the molecule is O=C(O)CSc1nnc(N2C(=O)c3ccccc3C2=O)s1. The van der Waals surface area contributed by atoms with Crippen LogP contribution in [0.25, 0.3) is 0 Å². The van der Waals surface area contributed by atoms with Crippen LogP contribution in [0.3, 0.4) is 0 Å². The lowest BCUT2D eigenvalue weighted by molar-refractivity contribution is -0.133. The van der Waals surface area contributed by atoms with Crippen LogP contribution in [0.4, 0.5) is 5.13 Å². The zero-order valence-electron chi connectivity index (χ0n) is 10.3. The van der Waals surface area contributed by atoms with Gasteiger partial charge in [-0.2, -0.15) is 0 Å². The van der Waals surface area contributed by atoms with Crippen LogP contribution in [0.2, 0.25) is 0 Å². The highest BCUT2D eigenvalue weighted by atomic mass is 32.2. The Kier molecular flexibility index (Phi) is 3.43. The van der Waals surface area contributed by atoms with E-state index in [4.69, 9.17) is 5.11 Å². The maximum atomic E-state index is 12.2. The third kappa shape index (κ3) is 2.41. The lowest BCUT2D eigenvalue weighted by Crippen LogP contribution is -2.29. The smallest absolute Gasteiger partial charge is 0.313 e. The first-order valence-electron chi connectivity index (χ1n) is 5.74. The fourth-order valence-corrected chi connectivity index (χ4v) is 3.40. The molecule has 0 saturated carbocycles. The lowest BCUT2D eigenvalue weighted by atomic mass is 10.1. The number of rotatable bonds is 4. The van der Waals surface area contributed by atoms with E-state index in [1.54, 1.807) is 24.3 Å². The predicted octanol–water partition coefficient (Wildman–Crippen LogP) is 1.52. The predicted molar refractivity (Wildman–Crippen MR) is 75.9 cm³/mol. The number of fused-ring (bicyclic) bond motifs is 1. The average Bonchev–Trinajstić information content (AvgIpc) is 3.02. The summed E-state index contributed by atoms with van der Waals surface area (Å²) in [6.07, 6.45) is 0. The molecule has 1 aromatic carbocycles. The van der Waals surface area contributed by atoms with Crippen LogP contribution in [0.15, 0.2) is 28.6 Å². The van der Waals surface area contributed by atoms with E-state index in [2.05, 4.69) is 10.2 Å². The van der Waals surface area contributed by atoms with Gasteiger partial charge in [-0.25, -0.2) is 4.90 Å². The summed E-state index contributed by atoms with van der Waals surface area (Å²) in [4.78, 5) is 35.9. The number of anilines is 1. The first kappa shape index (κ1) is 13.7. The van der Waals surface area contributed by atoms with Crippen LogP contribution in [-0.2, 0) is 4.79 Å². The Morgan fingerprint density at radius 1 is 1.19 bits per heavy atom. The summed E-state index contributed by atoms with van der Waals surface area (Å²) in [6.45, 7) is 0. The lowest BCUT2D eigenvalue weighted by Gasteiger charge is -2.07. The van der Waals surface area contributed by atoms with Crippen molar-refractivity contribution in [3.8, 4) is 0 Å². The molecule has 1 aliphatic rings. The van der Waals surface area contributed by atoms with E-state index in [-0.39, 0.29) is 10.9 Å². The number of imide groups is 1. The zero-order chi connectivity index (χ0) is 15.0. The van der Waals surface area contributed by atoms with Gasteiger partial charge in [-0.3, -0.25) is 14.4 Å². The zero-order valence-corrected chi connectivity index (χ0v) is 12.0. The van der Waals surface area contributed by atoms with Gasteiger partial charge in [0.25, 0.3) is 11.8 Å². The molecular weight excluding hydrogens is 314 g/mol. The second-order valence-electron chi connectivity index (χ2n) is 4.02. The van der Waals surface area contributed by atoms with Crippen molar-refractivity contribution in [1.82, 2.24) is 10.2 Å². The molecule has 21 heavy (non-hydrogen) atoms. The largest absolute Gasteiger partial charge is 0.481 e. The van der Waals surface area contributed by atoms with Crippen molar-refractivity contribution in [2.24, 2.45) is 0 Å². The Morgan fingerprint density at radius 3 is 2.38 bits per heavy atom. The summed E-state index contributed by atoms with van der Waals surface area (Å²) in [5, 5.41) is 16.3. The van der Waals surface area contributed by atoms with E-state index in [9.17, 15) is 14.4 Å². The number of carbonyl (C=O) groups excluding carboxylic acids is 2. The van der Waals surface area contributed by atoms with Gasteiger partial charge in [-0.05, 0) is 12.1 Å². The molecule has 7 nitrogen and oxygen atoms in total. The minimum absolute atomic E-state index is 0.147. The van der Waals surface area contributed by atoms with Gasteiger partial charge in [-0.15, -0.1) is 10.2 Å². The molecular formula is C12H7N3O4S2. The molecule has 2 amide bonds. The van der Waals surface area contributed by atoms with E-state index >= 15 is 0 Å². The molecule has 1 aliphatic heterocycles. The Morgan fingerprint density at radius 2 is 1.81 bits per heavy atom. The van der Waals surface area contributed by atoms with Crippen LogP contribution in [0.5, 0.6) is 0 Å². The third-order valence-corrected chi connectivity index (χ3v) is 4.73. The molecule has 0 radical (unpaired) electrons. The Balaban J connectivity index is 1.87. The number of thioether (sulfide) groups is 1. The van der Waals surface area contributed by atoms with Gasteiger partial charge in [0.1, 0.15) is 0 Å². The highest BCUT2D eigenvalue weighted by Gasteiger charge is 2.38. The molecule has 106 valence electrons. The van der Waals surface area contributed by atoms with Crippen LogP contribution in [0, 0.1) is 0 Å². The molecule has 0 saturated heterocycles. The highest BCUT2D eigenvalue weighted by molar-refractivity contribution is 8.01. The number of aliphatic carboxylic acids is 1. The average molecular weight is 321 g/mol. The Bertz CT molecular complexity index is 723. The van der Waals surface area contributed by atoms with Crippen molar-refractivity contribution in [2.75, 3.05) is 10.7 Å². The molecule has 0 fully saturated rings. The van der Waals surface area contributed by atoms with Gasteiger partial charge < -0.3 is 5.11 Å². The fraction of sp³-hybridized carbons (Fsp3) is 0.0833. The Hall–Kier alpha value is -2.26. The van der Waals surface area contributed by atoms with E-state index in [1.807, 2.05) is 0 Å². The molecule has 2 heterocycles. The number of nitrogens with zero attached hydrogens (tertiary/aromatic N) is 3. The maximum absolute atomic E-state index is 12.2. The van der Waals surface area contributed by atoms with E-state index in [0.717, 1.165) is 28.0 Å². The van der Waals surface area contributed by atoms with Crippen LogP contribution in [-0.4, -0.2) is 38.8 Å². The number of carboxylic acid groups (broad SMARTS) is 1. The van der Waals surface area contributed by atoms with Crippen LogP contribution >= 0.6 is 23.1 Å². The van der Waals surface area contributed by atoms with Gasteiger partial charge in [0.15, 0.2) is 4.34 Å². The van der Waals surface area contributed by atoms with Crippen molar-refractivity contribution in [3.63, 3.8) is 0 Å². The van der Waals surface area contributed by atoms with E-state index in [0.29, 0.717) is 15.5 Å². The number of benzene rings is 1. The number of amides is 2.